The third kappa shape index (κ3) is 21.1. The Morgan fingerprint density at radius 2 is 0.806 bits per heavy atom. The van der Waals surface area contributed by atoms with E-state index < -0.39 is 150 Å². The van der Waals surface area contributed by atoms with Gasteiger partial charge < -0.3 is 83.3 Å². The van der Waals surface area contributed by atoms with E-state index in [1.807, 2.05) is 137 Å². The standard InChI is InChI=1S/C25H80O20Si17/c1-49(2,3)27-25-48-32-61(38-55(19,20)21)42-58(35-52(10,11)12,29-46-28-50(4,5)6)40-57(26,34-51(7,8)9)41-59(36-53(13,14)15)30-47-31-60(44-61,37-54(16,17)18)45-62(33-48,43-59)39-56(22,23)24/h26,48H,25,46-47H2,1-24H3. The van der Waals surface area contributed by atoms with Crippen molar-refractivity contribution in [3.8, 4) is 0 Å². The molecule has 4 bridgehead atoms. The van der Waals surface area contributed by atoms with Crippen molar-refractivity contribution in [2.75, 3.05) is 6.23 Å². The molecule has 368 valence electrons. The Bertz CT molecular complexity index is 1500. The monoisotopic (exact) mass is 1180 g/mol. The summed E-state index contributed by atoms with van der Waals surface area (Å²) in [5.41, 5.74) is 0. The Kier molecular flexibility index (Phi) is 19.3. The SMILES string of the molecule is C[Si](C)(C)OC[SiH]1O[Si]2(O[Si](C)(C)C)O[Si](O[SiH2]O[Si](C)(C)C)(O[Si](C)(C)C)O[Si](O)(O[Si](C)(C)C)O[Si]3(O[Si](C)(C)C)O[SiH2]O[Si](O[Si](C)(C)C)(O2)O[Si](O[Si](C)(C)C)(O1)O3. The highest BCUT2D eigenvalue weighted by Crippen LogP contribution is 2.43. The molecule has 4 heterocycles. The molecule has 0 spiro atoms. The Labute approximate surface area is 394 Å². The van der Waals surface area contributed by atoms with Gasteiger partial charge in [-0.3, -0.25) is 0 Å². The van der Waals surface area contributed by atoms with E-state index in [1.165, 1.54) is 0 Å². The summed E-state index contributed by atoms with van der Waals surface area (Å²) in [6.45, 7) is 47.2. The lowest BCUT2D eigenvalue weighted by molar-refractivity contribution is -0.0486. The Balaban J connectivity index is 2.72. The maximum atomic E-state index is 13.3. The third-order valence-corrected chi connectivity index (χ3v) is 55.1. The predicted molar refractivity (Wildman–Crippen MR) is 273 cm³/mol. The quantitative estimate of drug-likeness (QED) is 0.179. The largest absolute Gasteiger partial charge is 0.654 e. The van der Waals surface area contributed by atoms with Gasteiger partial charge in [0.05, 0.1) is 6.23 Å². The van der Waals surface area contributed by atoms with E-state index in [0.717, 1.165) is 0 Å². The number of hydrogen-bond donors (Lipinski definition) is 1. The molecule has 0 amide bonds. The highest BCUT2D eigenvalue weighted by molar-refractivity contribution is 6.97. The van der Waals surface area contributed by atoms with Crippen LogP contribution in [0.25, 0.3) is 0 Å². The topological polar surface area (TPSA) is 196 Å². The molecular formula is C25H80O20Si17. The fourth-order valence-corrected chi connectivity index (χ4v) is 62.0. The zero-order valence-corrected chi connectivity index (χ0v) is 59.9. The fraction of sp³-hybridized carbons (Fsp3) is 1.00. The van der Waals surface area contributed by atoms with Crippen molar-refractivity contribution in [2.45, 2.75) is 157 Å². The molecule has 7 atom stereocenters. The summed E-state index contributed by atoms with van der Waals surface area (Å²) in [6, 6.07) is 0. The molecule has 37 heteroatoms. The van der Waals surface area contributed by atoms with E-state index in [1.54, 1.807) is 0 Å². The fourth-order valence-electron chi connectivity index (χ4n) is 5.16. The second kappa shape index (κ2) is 20.2. The molecule has 0 saturated carbocycles. The van der Waals surface area contributed by atoms with Gasteiger partial charge in [0, 0.05) is 0 Å². The molecule has 0 aliphatic carbocycles. The van der Waals surface area contributed by atoms with Crippen molar-refractivity contribution < 1.29 is 83.3 Å². The molecule has 4 rings (SSSR count). The molecule has 4 fully saturated rings. The number of hydrogen-bond acceptors (Lipinski definition) is 20. The zero-order valence-electron chi connectivity index (χ0n) is 41.9. The van der Waals surface area contributed by atoms with Crippen molar-refractivity contribution in [1.29, 1.82) is 0 Å². The molecule has 0 aromatic carbocycles. The van der Waals surface area contributed by atoms with Crippen LogP contribution in [0.2, 0.25) is 157 Å². The van der Waals surface area contributed by atoms with Gasteiger partial charge in [0.15, 0.2) is 66.5 Å². The maximum absolute atomic E-state index is 13.3. The maximum Gasteiger partial charge on any atom is 0.654 e. The summed E-state index contributed by atoms with van der Waals surface area (Å²) in [7, 11) is -58.7. The summed E-state index contributed by atoms with van der Waals surface area (Å²) in [4.78, 5) is 13.3. The van der Waals surface area contributed by atoms with Crippen LogP contribution >= 0.6 is 0 Å². The van der Waals surface area contributed by atoms with Crippen molar-refractivity contribution >= 4 is 150 Å². The van der Waals surface area contributed by atoms with Gasteiger partial charge in [0.1, 0.15) is 0 Å². The van der Waals surface area contributed by atoms with Gasteiger partial charge in [-0.25, -0.2) is 0 Å². The second-order valence-corrected chi connectivity index (χ2v) is 81.0. The minimum absolute atomic E-state index is 0.0248. The van der Waals surface area contributed by atoms with Crippen LogP contribution in [0, 0.1) is 0 Å². The predicted octanol–water partition coefficient (Wildman–Crippen LogP) is 4.39. The highest BCUT2D eigenvalue weighted by Gasteiger charge is 2.79. The molecule has 20 nitrogen and oxygen atoms in total. The van der Waals surface area contributed by atoms with Crippen molar-refractivity contribution in [3.63, 3.8) is 0 Å². The average molecular weight is 1180 g/mol. The van der Waals surface area contributed by atoms with Gasteiger partial charge in [0.25, 0.3) is 20.0 Å². The Morgan fingerprint density at radius 1 is 0.435 bits per heavy atom. The summed E-state index contributed by atoms with van der Waals surface area (Å²) in [6.07, 6.45) is -0.0248. The van der Waals surface area contributed by atoms with Gasteiger partial charge >= 0.3 is 63.6 Å². The summed E-state index contributed by atoms with van der Waals surface area (Å²) in [5, 5.41) is 0. The lowest BCUT2D eigenvalue weighted by Crippen LogP contribution is -2.82. The Morgan fingerprint density at radius 3 is 1.18 bits per heavy atom. The smallest absolute Gasteiger partial charge is 0.441 e. The normalized spacial score (nSPS) is 34.7. The van der Waals surface area contributed by atoms with Crippen LogP contribution in [0.1, 0.15) is 0 Å². The van der Waals surface area contributed by atoms with Crippen LogP contribution in [0.4, 0.5) is 0 Å². The van der Waals surface area contributed by atoms with E-state index in [2.05, 4.69) is 19.6 Å². The molecule has 1 N–H and O–H groups in total. The highest BCUT2D eigenvalue weighted by atomic mass is 28.6. The van der Waals surface area contributed by atoms with Crippen LogP contribution in [-0.2, 0) is 78.5 Å². The first-order valence-electron chi connectivity index (χ1n) is 20.9. The van der Waals surface area contributed by atoms with Crippen LogP contribution in [0.5, 0.6) is 0 Å². The second-order valence-electron chi connectivity index (χ2n) is 22.9. The molecular weight excluding hydrogens is 1100 g/mol. The van der Waals surface area contributed by atoms with Crippen molar-refractivity contribution in [1.82, 2.24) is 0 Å². The summed E-state index contributed by atoms with van der Waals surface area (Å²) >= 11 is 0. The summed E-state index contributed by atoms with van der Waals surface area (Å²) < 4.78 is 133. The third-order valence-electron chi connectivity index (χ3n) is 6.50. The van der Waals surface area contributed by atoms with Crippen molar-refractivity contribution in [2.24, 2.45) is 0 Å². The van der Waals surface area contributed by atoms with Gasteiger partial charge in [-0.05, 0) is 157 Å². The van der Waals surface area contributed by atoms with E-state index >= 15 is 0 Å². The van der Waals surface area contributed by atoms with Crippen molar-refractivity contribution in [3.05, 3.63) is 0 Å². The zero-order chi connectivity index (χ0) is 48.1. The first kappa shape index (κ1) is 59.2. The molecule has 62 heavy (non-hydrogen) atoms. The van der Waals surface area contributed by atoms with E-state index in [9.17, 15) is 4.80 Å². The average Bonchev–Trinajstić information content (AvgIpc) is 2.86. The van der Waals surface area contributed by atoms with E-state index in [-0.39, 0.29) is 6.23 Å². The van der Waals surface area contributed by atoms with Crippen LogP contribution < -0.4 is 0 Å². The minimum Gasteiger partial charge on any atom is -0.441 e. The van der Waals surface area contributed by atoms with E-state index in [0.29, 0.717) is 0 Å². The van der Waals surface area contributed by atoms with Crippen LogP contribution in [0.15, 0.2) is 0 Å². The molecule has 4 saturated heterocycles. The number of rotatable bonds is 19. The minimum atomic E-state index is -5.24. The first-order chi connectivity index (χ1) is 27.2. The van der Waals surface area contributed by atoms with Gasteiger partial charge in [-0.2, -0.15) is 0 Å². The number of fused-ring (bicyclic) bond motifs is 8. The molecule has 4 aliphatic rings. The van der Waals surface area contributed by atoms with Gasteiger partial charge in [-0.15, -0.1) is 0 Å². The van der Waals surface area contributed by atoms with Crippen LogP contribution in [0.3, 0.4) is 0 Å². The van der Waals surface area contributed by atoms with E-state index in [4.69, 9.17) is 78.5 Å². The molecule has 4 aliphatic heterocycles. The molecule has 0 radical (unpaired) electrons. The molecule has 0 aromatic rings. The lowest BCUT2D eigenvalue weighted by atomic mass is 11.7. The molecule has 7 unspecified atom stereocenters. The lowest BCUT2D eigenvalue weighted by Gasteiger charge is -2.53. The van der Waals surface area contributed by atoms with Gasteiger partial charge in [0.2, 0.25) is 0 Å². The Hall–Kier alpha value is 2.89. The van der Waals surface area contributed by atoms with Crippen LogP contribution in [-0.4, -0.2) is 161 Å². The molecule has 0 aromatic heterocycles. The first-order valence-corrected chi connectivity index (χ1v) is 62.0. The summed E-state index contributed by atoms with van der Waals surface area (Å²) in [5.74, 6) is 0. The van der Waals surface area contributed by atoms with Gasteiger partial charge in [-0.1, -0.05) is 0 Å².